The summed E-state index contributed by atoms with van der Waals surface area (Å²) >= 11 is 0. The number of carbonyl (C=O) groups excluding carboxylic acids is 2. The van der Waals surface area contributed by atoms with Crippen LogP contribution >= 0.6 is 0 Å². The number of hydrogen-bond acceptors (Lipinski definition) is 3. The number of amides is 3. The molecule has 0 spiro atoms. The lowest BCUT2D eigenvalue weighted by Gasteiger charge is -2.21. The molecule has 104 valence electrons. The van der Waals surface area contributed by atoms with E-state index in [-0.39, 0.29) is 13.1 Å². The first-order valence-corrected chi connectivity index (χ1v) is 5.96. The Balaban J connectivity index is 4.27. The van der Waals surface area contributed by atoms with E-state index in [9.17, 15) is 14.4 Å². The quantitative estimate of drug-likeness (QED) is 0.569. The second kappa shape index (κ2) is 8.32. The molecule has 0 radical (unpaired) electrons. The molecule has 0 saturated heterocycles. The maximum atomic E-state index is 11.7. The molecular formula is C11H21N3O4. The zero-order chi connectivity index (χ0) is 14.1. The smallest absolute Gasteiger partial charge is 0.317 e. The van der Waals surface area contributed by atoms with Crippen LogP contribution in [0.25, 0.3) is 0 Å². The van der Waals surface area contributed by atoms with Crippen LogP contribution in [0, 0.1) is 5.92 Å². The molecule has 0 aliphatic heterocycles. The van der Waals surface area contributed by atoms with Gasteiger partial charge in [-0.3, -0.25) is 9.59 Å². The number of carbonyl (C=O) groups is 3. The molecule has 0 aliphatic carbocycles. The molecule has 7 nitrogen and oxygen atoms in total. The number of nitrogens with zero attached hydrogens (tertiary/aromatic N) is 1. The molecule has 0 heterocycles. The Morgan fingerprint density at radius 1 is 1.33 bits per heavy atom. The van der Waals surface area contributed by atoms with E-state index < -0.39 is 23.8 Å². The van der Waals surface area contributed by atoms with Gasteiger partial charge in [-0.15, -0.1) is 0 Å². The van der Waals surface area contributed by atoms with Crippen molar-refractivity contribution in [3.8, 4) is 0 Å². The van der Waals surface area contributed by atoms with Crippen LogP contribution in [-0.2, 0) is 9.59 Å². The number of likely N-dealkylation sites (N-methyl/N-ethyl adjacent to an activating group) is 1. The Bertz CT molecular complexity index is 307. The molecule has 0 aromatic rings. The van der Waals surface area contributed by atoms with Gasteiger partial charge in [0.15, 0.2) is 0 Å². The number of carboxylic acids is 1. The number of nitrogens with two attached hydrogens (primary N) is 1. The van der Waals surface area contributed by atoms with Gasteiger partial charge in [0.25, 0.3) is 0 Å². The van der Waals surface area contributed by atoms with Crippen molar-refractivity contribution in [2.75, 3.05) is 19.6 Å². The first kappa shape index (κ1) is 16.2. The lowest BCUT2D eigenvalue weighted by Crippen LogP contribution is -2.46. The van der Waals surface area contributed by atoms with Gasteiger partial charge in [0.1, 0.15) is 6.54 Å². The zero-order valence-corrected chi connectivity index (χ0v) is 10.8. The van der Waals surface area contributed by atoms with E-state index in [4.69, 9.17) is 10.8 Å². The average molecular weight is 259 g/mol. The van der Waals surface area contributed by atoms with Gasteiger partial charge in [-0.05, 0) is 13.3 Å². The van der Waals surface area contributed by atoms with Crippen LogP contribution in [0.4, 0.5) is 4.79 Å². The van der Waals surface area contributed by atoms with Gasteiger partial charge in [-0.2, -0.15) is 0 Å². The molecular weight excluding hydrogens is 238 g/mol. The minimum absolute atomic E-state index is 0.0528. The van der Waals surface area contributed by atoms with E-state index in [0.29, 0.717) is 13.0 Å². The third-order valence-corrected chi connectivity index (χ3v) is 2.50. The van der Waals surface area contributed by atoms with Gasteiger partial charge in [-0.25, -0.2) is 4.79 Å². The molecule has 1 atom stereocenters. The predicted molar refractivity (Wildman–Crippen MR) is 65.9 cm³/mol. The zero-order valence-electron chi connectivity index (χ0n) is 10.8. The number of hydrogen-bond donors (Lipinski definition) is 3. The molecule has 0 aromatic heterocycles. The second-order valence-electron chi connectivity index (χ2n) is 3.99. The Hall–Kier alpha value is -1.79. The Morgan fingerprint density at radius 2 is 1.94 bits per heavy atom. The molecule has 7 heteroatoms. The summed E-state index contributed by atoms with van der Waals surface area (Å²) in [6, 6.07) is -0.473. The summed E-state index contributed by atoms with van der Waals surface area (Å²) < 4.78 is 0. The number of urea groups is 1. The van der Waals surface area contributed by atoms with Crippen molar-refractivity contribution in [1.29, 1.82) is 0 Å². The fraction of sp³-hybridized carbons (Fsp3) is 0.727. The predicted octanol–water partition coefficient (Wildman–Crippen LogP) is 0.00410. The molecule has 0 aliphatic rings. The molecule has 3 amide bonds. The van der Waals surface area contributed by atoms with Gasteiger partial charge in [0.05, 0.1) is 5.92 Å². The highest BCUT2D eigenvalue weighted by Gasteiger charge is 2.19. The van der Waals surface area contributed by atoms with Crippen LogP contribution < -0.4 is 11.1 Å². The van der Waals surface area contributed by atoms with Crippen molar-refractivity contribution in [2.24, 2.45) is 11.7 Å². The first-order chi connectivity index (χ1) is 8.42. The standard InChI is InChI=1S/C11H21N3O4/c1-3-5-8(10(16)17)6-13-11(18)14(4-2)7-9(12)15/h8H,3-7H2,1-2H3,(H2,12,15)(H,13,18)(H,16,17). The second-order valence-corrected chi connectivity index (χ2v) is 3.99. The van der Waals surface area contributed by atoms with Gasteiger partial charge < -0.3 is 21.1 Å². The maximum Gasteiger partial charge on any atom is 0.317 e. The minimum Gasteiger partial charge on any atom is -0.481 e. The van der Waals surface area contributed by atoms with Gasteiger partial charge in [-0.1, -0.05) is 13.3 Å². The topological polar surface area (TPSA) is 113 Å². The molecule has 1 unspecified atom stereocenters. The third-order valence-electron chi connectivity index (χ3n) is 2.50. The van der Waals surface area contributed by atoms with Crippen molar-refractivity contribution in [3.05, 3.63) is 0 Å². The lowest BCUT2D eigenvalue weighted by atomic mass is 10.0. The number of carboxylic acid groups (broad SMARTS) is 1. The number of aliphatic carboxylic acids is 1. The van der Waals surface area contributed by atoms with Crippen LogP contribution in [0.3, 0.4) is 0 Å². The summed E-state index contributed by atoms with van der Waals surface area (Å²) in [6.07, 6.45) is 1.23. The van der Waals surface area contributed by atoms with Crippen molar-refractivity contribution >= 4 is 17.9 Å². The van der Waals surface area contributed by atoms with E-state index in [2.05, 4.69) is 5.32 Å². The fourth-order valence-electron chi connectivity index (χ4n) is 1.50. The van der Waals surface area contributed by atoms with Crippen LogP contribution in [0.15, 0.2) is 0 Å². The number of primary amides is 1. The summed E-state index contributed by atoms with van der Waals surface area (Å²) in [4.78, 5) is 34.5. The summed E-state index contributed by atoms with van der Waals surface area (Å²) in [7, 11) is 0. The Labute approximate surface area is 106 Å². The highest BCUT2D eigenvalue weighted by molar-refractivity contribution is 5.83. The normalized spacial score (nSPS) is 11.7. The van der Waals surface area contributed by atoms with Crippen molar-refractivity contribution < 1.29 is 19.5 Å². The molecule has 18 heavy (non-hydrogen) atoms. The van der Waals surface area contributed by atoms with Crippen LogP contribution in [-0.4, -0.2) is 47.5 Å². The van der Waals surface area contributed by atoms with Crippen molar-refractivity contribution in [1.82, 2.24) is 10.2 Å². The monoisotopic (exact) mass is 259 g/mol. The largest absolute Gasteiger partial charge is 0.481 e. The average Bonchev–Trinajstić information content (AvgIpc) is 2.30. The van der Waals surface area contributed by atoms with E-state index >= 15 is 0 Å². The van der Waals surface area contributed by atoms with Crippen molar-refractivity contribution in [3.63, 3.8) is 0 Å². The Kier molecular flexibility index (Phi) is 7.50. The molecule has 4 N–H and O–H groups in total. The van der Waals surface area contributed by atoms with E-state index in [0.717, 1.165) is 6.42 Å². The summed E-state index contributed by atoms with van der Waals surface area (Å²) in [5.74, 6) is -2.14. The highest BCUT2D eigenvalue weighted by atomic mass is 16.4. The fourth-order valence-corrected chi connectivity index (χ4v) is 1.50. The minimum atomic E-state index is -0.935. The van der Waals surface area contributed by atoms with E-state index in [1.165, 1.54) is 4.90 Å². The SMILES string of the molecule is CCCC(CNC(=O)N(CC)CC(N)=O)C(=O)O. The summed E-state index contributed by atoms with van der Waals surface area (Å²) in [5, 5.41) is 11.4. The van der Waals surface area contributed by atoms with E-state index in [1.807, 2.05) is 6.92 Å². The molecule has 0 bridgehead atoms. The van der Waals surface area contributed by atoms with Crippen LogP contribution in [0.2, 0.25) is 0 Å². The van der Waals surface area contributed by atoms with E-state index in [1.54, 1.807) is 6.92 Å². The number of nitrogens with one attached hydrogen (secondary N) is 1. The molecule has 0 rings (SSSR count). The summed E-state index contributed by atoms with van der Waals surface area (Å²) in [6.45, 7) is 3.80. The van der Waals surface area contributed by atoms with Gasteiger partial charge in [0, 0.05) is 13.1 Å². The summed E-state index contributed by atoms with van der Waals surface area (Å²) in [5.41, 5.74) is 5.00. The maximum absolute atomic E-state index is 11.7. The molecule has 0 fully saturated rings. The Morgan fingerprint density at radius 3 is 2.33 bits per heavy atom. The number of rotatable bonds is 8. The molecule has 0 saturated carbocycles. The van der Waals surface area contributed by atoms with Gasteiger partial charge in [0.2, 0.25) is 5.91 Å². The van der Waals surface area contributed by atoms with Crippen LogP contribution in [0.5, 0.6) is 0 Å². The highest BCUT2D eigenvalue weighted by Crippen LogP contribution is 2.05. The first-order valence-electron chi connectivity index (χ1n) is 5.96. The lowest BCUT2D eigenvalue weighted by molar-refractivity contribution is -0.141. The van der Waals surface area contributed by atoms with Crippen molar-refractivity contribution in [2.45, 2.75) is 26.7 Å². The third kappa shape index (κ3) is 6.07. The molecule has 0 aromatic carbocycles. The van der Waals surface area contributed by atoms with Gasteiger partial charge >= 0.3 is 12.0 Å². The van der Waals surface area contributed by atoms with Crippen LogP contribution in [0.1, 0.15) is 26.7 Å².